The SMILES string of the molecule is CCCCN=C(NN)N1CC(O)CC1CN(C)C. The molecule has 6 nitrogen and oxygen atoms in total. The summed E-state index contributed by atoms with van der Waals surface area (Å²) in [5.41, 5.74) is 2.67. The molecule has 2 unspecified atom stereocenters. The van der Waals surface area contributed by atoms with Crippen LogP contribution < -0.4 is 11.3 Å². The molecule has 0 saturated carbocycles. The number of nitrogens with two attached hydrogens (primary N) is 1. The number of hydrogen-bond donors (Lipinski definition) is 3. The molecular weight excluding hydrogens is 230 g/mol. The van der Waals surface area contributed by atoms with Crippen LogP contribution in [0.2, 0.25) is 0 Å². The molecule has 1 aliphatic heterocycles. The lowest BCUT2D eigenvalue weighted by Crippen LogP contribution is -2.49. The first-order valence-electron chi connectivity index (χ1n) is 6.69. The summed E-state index contributed by atoms with van der Waals surface area (Å²) in [7, 11) is 4.07. The highest BCUT2D eigenvalue weighted by Crippen LogP contribution is 2.18. The lowest BCUT2D eigenvalue weighted by molar-refractivity contribution is 0.187. The number of rotatable bonds is 5. The Hall–Kier alpha value is -0.850. The lowest BCUT2D eigenvalue weighted by atomic mass is 10.2. The van der Waals surface area contributed by atoms with Gasteiger partial charge in [0, 0.05) is 25.7 Å². The van der Waals surface area contributed by atoms with E-state index in [0.717, 1.165) is 32.4 Å². The van der Waals surface area contributed by atoms with Crippen LogP contribution in [0.4, 0.5) is 0 Å². The van der Waals surface area contributed by atoms with Gasteiger partial charge in [0.25, 0.3) is 0 Å². The Balaban J connectivity index is 2.66. The van der Waals surface area contributed by atoms with Gasteiger partial charge < -0.3 is 14.9 Å². The molecule has 0 aromatic rings. The minimum absolute atomic E-state index is 0.270. The summed E-state index contributed by atoms with van der Waals surface area (Å²) < 4.78 is 0. The van der Waals surface area contributed by atoms with Crippen molar-refractivity contribution in [1.82, 2.24) is 15.2 Å². The van der Waals surface area contributed by atoms with Gasteiger partial charge in [0.1, 0.15) is 0 Å². The molecular formula is C12H27N5O. The van der Waals surface area contributed by atoms with Gasteiger partial charge in [-0.3, -0.25) is 10.4 Å². The number of guanidine groups is 1. The Kier molecular flexibility index (Phi) is 6.38. The topological polar surface area (TPSA) is 77.1 Å². The third-order valence-corrected chi connectivity index (χ3v) is 3.14. The molecule has 1 rings (SSSR count). The molecule has 0 aromatic carbocycles. The first-order valence-corrected chi connectivity index (χ1v) is 6.69. The van der Waals surface area contributed by atoms with Crippen molar-refractivity contribution in [1.29, 1.82) is 0 Å². The lowest BCUT2D eigenvalue weighted by Gasteiger charge is -2.29. The van der Waals surface area contributed by atoms with Gasteiger partial charge >= 0.3 is 0 Å². The maximum absolute atomic E-state index is 9.82. The van der Waals surface area contributed by atoms with Crippen molar-refractivity contribution in [3.63, 3.8) is 0 Å². The fourth-order valence-corrected chi connectivity index (χ4v) is 2.31. The van der Waals surface area contributed by atoms with Crippen LogP contribution in [0, 0.1) is 0 Å². The molecule has 106 valence electrons. The highest BCUT2D eigenvalue weighted by atomic mass is 16.3. The van der Waals surface area contributed by atoms with Crippen LogP contribution in [-0.4, -0.2) is 66.7 Å². The molecule has 0 bridgehead atoms. The van der Waals surface area contributed by atoms with E-state index in [9.17, 15) is 5.11 Å². The van der Waals surface area contributed by atoms with Crippen molar-refractivity contribution in [3.05, 3.63) is 0 Å². The van der Waals surface area contributed by atoms with Gasteiger partial charge in [0.2, 0.25) is 5.96 Å². The molecule has 1 heterocycles. The molecule has 0 aromatic heterocycles. The van der Waals surface area contributed by atoms with Crippen molar-refractivity contribution in [2.45, 2.75) is 38.3 Å². The predicted molar refractivity (Wildman–Crippen MR) is 74.2 cm³/mol. The average Bonchev–Trinajstić information content (AvgIpc) is 2.65. The van der Waals surface area contributed by atoms with Gasteiger partial charge in [-0.25, -0.2) is 5.84 Å². The van der Waals surface area contributed by atoms with E-state index in [4.69, 9.17) is 5.84 Å². The smallest absolute Gasteiger partial charge is 0.208 e. The molecule has 0 amide bonds. The van der Waals surface area contributed by atoms with Crippen LogP contribution in [0.3, 0.4) is 0 Å². The monoisotopic (exact) mass is 257 g/mol. The van der Waals surface area contributed by atoms with Crippen LogP contribution in [-0.2, 0) is 0 Å². The summed E-state index contributed by atoms with van der Waals surface area (Å²) in [5.74, 6) is 6.26. The van der Waals surface area contributed by atoms with Crippen LogP contribution in [0.15, 0.2) is 4.99 Å². The van der Waals surface area contributed by atoms with Gasteiger partial charge in [-0.1, -0.05) is 13.3 Å². The molecule has 0 spiro atoms. The first-order chi connectivity index (χ1) is 8.58. The summed E-state index contributed by atoms with van der Waals surface area (Å²) in [6, 6.07) is 0.270. The number of nitrogens with zero attached hydrogens (tertiary/aromatic N) is 3. The summed E-state index contributed by atoms with van der Waals surface area (Å²) in [4.78, 5) is 8.69. The van der Waals surface area contributed by atoms with E-state index in [2.05, 4.69) is 27.1 Å². The molecule has 4 N–H and O–H groups in total. The number of unbranched alkanes of at least 4 members (excludes halogenated alkanes) is 1. The van der Waals surface area contributed by atoms with Crippen LogP contribution in [0.5, 0.6) is 0 Å². The number of likely N-dealkylation sites (N-methyl/N-ethyl adjacent to an activating group) is 1. The Morgan fingerprint density at radius 2 is 2.28 bits per heavy atom. The standard InChI is InChI=1S/C12H27N5O/c1-4-5-6-14-12(15-13)17-9-11(18)7-10(17)8-16(2)3/h10-11,18H,4-9,13H2,1-3H3,(H,14,15). The van der Waals surface area contributed by atoms with E-state index in [1.807, 2.05) is 14.1 Å². The van der Waals surface area contributed by atoms with Crippen molar-refractivity contribution in [3.8, 4) is 0 Å². The van der Waals surface area contributed by atoms with Crippen LogP contribution >= 0.6 is 0 Å². The van der Waals surface area contributed by atoms with Gasteiger partial charge in [-0.2, -0.15) is 0 Å². The number of likely N-dealkylation sites (tertiary alicyclic amines) is 1. The summed E-state index contributed by atoms with van der Waals surface area (Å²) in [6.45, 7) is 4.41. The second-order valence-corrected chi connectivity index (χ2v) is 5.16. The fourth-order valence-electron chi connectivity index (χ4n) is 2.31. The first kappa shape index (κ1) is 15.2. The zero-order chi connectivity index (χ0) is 13.5. The third kappa shape index (κ3) is 4.44. The number of aliphatic hydroxyl groups is 1. The maximum atomic E-state index is 9.82. The zero-order valence-electron chi connectivity index (χ0n) is 11.8. The van der Waals surface area contributed by atoms with Gasteiger partial charge in [-0.15, -0.1) is 0 Å². The second kappa shape index (κ2) is 7.56. The molecule has 1 aliphatic rings. The van der Waals surface area contributed by atoms with Crippen LogP contribution in [0.25, 0.3) is 0 Å². The number of β-amino-alcohol motifs (C(OH)–C–C–N with tert-alkyl or cyclic N) is 1. The number of aliphatic imine (C=N–C) groups is 1. The minimum atomic E-state index is -0.292. The summed E-state index contributed by atoms with van der Waals surface area (Å²) in [5, 5.41) is 9.82. The van der Waals surface area contributed by atoms with E-state index in [1.165, 1.54) is 0 Å². The maximum Gasteiger partial charge on any atom is 0.208 e. The van der Waals surface area contributed by atoms with Gasteiger partial charge in [0.15, 0.2) is 0 Å². The summed E-state index contributed by atoms with van der Waals surface area (Å²) in [6.07, 6.45) is 2.65. The predicted octanol–water partition coefficient (Wildman–Crippen LogP) is -0.397. The largest absolute Gasteiger partial charge is 0.391 e. The number of hydrazine groups is 1. The van der Waals surface area contributed by atoms with Crippen molar-refractivity contribution in [2.24, 2.45) is 10.8 Å². The Morgan fingerprint density at radius 3 is 2.83 bits per heavy atom. The molecule has 0 aliphatic carbocycles. The molecule has 18 heavy (non-hydrogen) atoms. The minimum Gasteiger partial charge on any atom is -0.391 e. The third-order valence-electron chi connectivity index (χ3n) is 3.14. The van der Waals surface area contributed by atoms with E-state index >= 15 is 0 Å². The highest BCUT2D eigenvalue weighted by molar-refractivity contribution is 5.80. The van der Waals surface area contributed by atoms with Gasteiger partial charge in [-0.05, 0) is 26.9 Å². The summed E-state index contributed by atoms with van der Waals surface area (Å²) >= 11 is 0. The van der Waals surface area contributed by atoms with Crippen molar-refractivity contribution < 1.29 is 5.11 Å². The Bertz CT molecular complexity index is 269. The number of nitrogens with one attached hydrogen (secondary N) is 1. The number of hydrogen-bond acceptors (Lipinski definition) is 4. The van der Waals surface area contributed by atoms with E-state index < -0.39 is 0 Å². The molecule has 1 fully saturated rings. The highest BCUT2D eigenvalue weighted by Gasteiger charge is 2.33. The van der Waals surface area contributed by atoms with E-state index in [1.54, 1.807) is 0 Å². The quantitative estimate of drug-likeness (QED) is 0.205. The second-order valence-electron chi connectivity index (χ2n) is 5.16. The zero-order valence-corrected chi connectivity index (χ0v) is 11.8. The fraction of sp³-hybridized carbons (Fsp3) is 0.917. The Morgan fingerprint density at radius 1 is 1.56 bits per heavy atom. The van der Waals surface area contributed by atoms with E-state index in [0.29, 0.717) is 12.5 Å². The molecule has 2 atom stereocenters. The van der Waals surface area contributed by atoms with Crippen molar-refractivity contribution in [2.75, 3.05) is 33.7 Å². The normalized spacial score (nSPS) is 25.0. The van der Waals surface area contributed by atoms with Gasteiger partial charge in [0.05, 0.1) is 6.10 Å². The molecule has 1 saturated heterocycles. The molecule has 0 radical (unpaired) electrons. The van der Waals surface area contributed by atoms with E-state index in [-0.39, 0.29) is 12.1 Å². The number of aliphatic hydroxyl groups excluding tert-OH is 1. The Labute approximate surface area is 110 Å². The average molecular weight is 257 g/mol. The van der Waals surface area contributed by atoms with Crippen molar-refractivity contribution >= 4 is 5.96 Å². The van der Waals surface area contributed by atoms with Crippen LogP contribution in [0.1, 0.15) is 26.2 Å². The molecule has 6 heteroatoms.